The molecule has 1 N–H and O–H groups in total. The summed E-state index contributed by atoms with van der Waals surface area (Å²) in [5.41, 5.74) is -0.543. The van der Waals surface area contributed by atoms with Gasteiger partial charge in [0.15, 0.2) is 6.61 Å². The number of nitrogens with zero attached hydrogens (tertiary/aromatic N) is 1. The fourth-order valence-corrected chi connectivity index (χ4v) is 3.86. The Bertz CT molecular complexity index is 821. The van der Waals surface area contributed by atoms with E-state index in [2.05, 4.69) is 5.32 Å². The molecule has 10 heteroatoms. The highest BCUT2D eigenvalue weighted by Gasteiger charge is 2.28. The highest BCUT2D eigenvalue weighted by Crippen LogP contribution is 2.21. The van der Waals surface area contributed by atoms with Gasteiger partial charge in [-0.25, -0.2) is 17.6 Å². The lowest BCUT2D eigenvalue weighted by molar-refractivity contribution is -0.125. The minimum atomic E-state index is -3.89. The van der Waals surface area contributed by atoms with Crippen LogP contribution >= 0.6 is 0 Å². The molecule has 2 rings (SSSR count). The first-order valence-electron chi connectivity index (χ1n) is 8.97. The second kappa shape index (κ2) is 9.44. The monoisotopic (exact) mass is 416 g/mol. The summed E-state index contributed by atoms with van der Waals surface area (Å²) in [7, 11) is -3.89. The quantitative estimate of drug-likeness (QED) is 0.670. The van der Waals surface area contributed by atoms with Gasteiger partial charge in [0.1, 0.15) is 5.82 Å². The Hall–Kier alpha value is -2.04. The van der Waals surface area contributed by atoms with Gasteiger partial charge >= 0.3 is 5.97 Å². The molecule has 1 atom stereocenters. The molecular formula is C18H25FN2O6S. The van der Waals surface area contributed by atoms with Crippen LogP contribution in [0.5, 0.6) is 0 Å². The number of hydrogen-bond donors (Lipinski definition) is 1. The lowest BCUT2D eigenvalue weighted by Crippen LogP contribution is -2.40. The second-order valence-corrected chi connectivity index (χ2v) is 8.77. The Morgan fingerprint density at radius 2 is 1.89 bits per heavy atom. The van der Waals surface area contributed by atoms with Crippen LogP contribution in [-0.2, 0) is 24.3 Å². The number of halogens is 1. The normalized spacial score (nSPS) is 16.6. The van der Waals surface area contributed by atoms with Gasteiger partial charge in [0, 0.05) is 19.1 Å². The van der Waals surface area contributed by atoms with E-state index in [4.69, 9.17) is 9.47 Å². The van der Waals surface area contributed by atoms with Crippen LogP contribution in [0.3, 0.4) is 0 Å². The van der Waals surface area contributed by atoms with Crippen molar-refractivity contribution in [2.24, 2.45) is 5.92 Å². The second-order valence-electron chi connectivity index (χ2n) is 6.83. The van der Waals surface area contributed by atoms with Crippen LogP contribution in [0.2, 0.25) is 0 Å². The number of hydrogen-bond acceptors (Lipinski definition) is 6. The van der Waals surface area contributed by atoms with E-state index >= 15 is 0 Å². The van der Waals surface area contributed by atoms with Gasteiger partial charge in [0.05, 0.1) is 23.7 Å². The van der Waals surface area contributed by atoms with Crippen molar-refractivity contribution in [3.05, 3.63) is 29.6 Å². The first kappa shape index (κ1) is 22.3. The van der Waals surface area contributed by atoms with Gasteiger partial charge in [-0.1, -0.05) is 13.8 Å². The highest BCUT2D eigenvalue weighted by atomic mass is 32.2. The van der Waals surface area contributed by atoms with Crippen LogP contribution in [0.25, 0.3) is 0 Å². The topological polar surface area (TPSA) is 102 Å². The first-order chi connectivity index (χ1) is 13.1. The third-order valence-electron chi connectivity index (χ3n) is 4.49. The van der Waals surface area contributed by atoms with E-state index in [1.807, 2.05) is 20.8 Å². The van der Waals surface area contributed by atoms with E-state index in [0.717, 1.165) is 18.2 Å². The molecule has 156 valence electrons. The summed E-state index contributed by atoms with van der Waals surface area (Å²) in [5.74, 6) is -2.36. The van der Waals surface area contributed by atoms with E-state index < -0.39 is 39.9 Å². The van der Waals surface area contributed by atoms with Crippen molar-refractivity contribution in [3.63, 3.8) is 0 Å². The molecule has 28 heavy (non-hydrogen) atoms. The van der Waals surface area contributed by atoms with Crippen LogP contribution in [0, 0.1) is 11.7 Å². The molecule has 1 saturated heterocycles. The molecule has 1 amide bonds. The zero-order valence-corrected chi connectivity index (χ0v) is 16.9. The van der Waals surface area contributed by atoms with Crippen LogP contribution in [0.1, 0.15) is 31.1 Å². The number of esters is 1. The SMILES string of the molecule is CC(C)[C@H](C)NC(=O)COC(=O)c1cc(S(=O)(=O)N2CCOCC2)ccc1F. The van der Waals surface area contributed by atoms with Crippen LogP contribution in [0.15, 0.2) is 23.1 Å². The summed E-state index contributed by atoms with van der Waals surface area (Å²) < 4.78 is 50.6. The maximum Gasteiger partial charge on any atom is 0.341 e. The lowest BCUT2D eigenvalue weighted by atomic mass is 10.1. The molecule has 1 aromatic rings. The van der Waals surface area contributed by atoms with Crippen molar-refractivity contribution in [2.75, 3.05) is 32.9 Å². The standard InChI is InChI=1S/C18H25FN2O6S/c1-12(2)13(3)20-17(22)11-27-18(23)15-10-14(4-5-16(15)19)28(24,25)21-6-8-26-9-7-21/h4-5,10,12-13H,6-9,11H2,1-3H3,(H,20,22)/t13-/m0/s1. The predicted octanol–water partition coefficient (Wildman–Crippen LogP) is 1.16. The molecule has 1 heterocycles. The Labute approximate surface area is 164 Å². The van der Waals surface area contributed by atoms with E-state index in [1.165, 1.54) is 4.31 Å². The lowest BCUT2D eigenvalue weighted by Gasteiger charge is -2.26. The molecule has 0 radical (unpaired) electrons. The minimum absolute atomic E-state index is 0.120. The maximum absolute atomic E-state index is 14.1. The van der Waals surface area contributed by atoms with Gasteiger partial charge in [0.25, 0.3) is 5.91 Å². The van der Waals surface area contributed by atoms with Crippen LogP contribution in [-0.4, -0.2) is 63.6 Å². The Kier molecular flexibility index (Phi) is 7.50. The molecule has 8 nitrogen and oxygen atoms in total. The average molecular weight is 416 g/mol. The van der Waals surface area contributed by atoms with Crippen LogP contribution < -0.4 is 5.32 Å². The fourth-order valence-electron chi connectivity index (χ4n) is 2.43. The Morgan fingerprint density at radius 3 is 2.50 bits per heavy atom. The number of carbonyl (C=O) groups is 2. The Morgan fingerprint density at radius 1 is 1.25 bits per heavy atom. The number of nitrogens with one attached hydrogen (secondary N) is 1. The van der Waals surface area contributed by atoms with E-state index in [9.17, 15) is 22.4 Å². The van der Waals surface area contributed by atoms with Gasteiger partial charge < -0.3 is 14.8 Å². The zero-order valence-electron chi connectivity index (χ0n) is 16.1. The molecule has 0 saturated carbocycles. The number of benzene rings is 1. The van der Waals surface area contributed by atoms with Crippen molar-refractivity contribution in [1.82, 2.24) is 9.62 Å². The van der Waals surface area contributed by atoms with Crippen molar-refractivity contribution in [2.45, 2.75) is 31.7 Å². The number of morpholine rings is 1. The summed E-state index contributed by atoms with van der Waals surface area (Å²) in [6, 6.07) is 2.79. The molecule has 1 aromatic carbocycles. The highest BCUT2D eigenvalue weighted by molar-refractivity contribution is 7.89. The van der Waals surface area contributed by atoms with E-state index in [0.29, 0.717) is 0 Å². The van der Waals surface area contributed by atoms with Gasteiger partial charge in [0.2, 0.25) is 10.0 Å². The molecule has 0 aliphatic carbocycles. The number of carbonyl (C=O) groups excluding carboxylic acids is 2. The number of rotatable bonds is 7. The predicted molar refractivity (Wildman–Crippen MR) is 98.7 cm³/mol. The summed E-state index contributed by atoms with van der Waals surface area (Å²) >= 11 is 0. The third-order valence-corrected chi connectivity index (χ3v) is 6.38. The molecule has 1 aliphatic rings. The summed E-state index contributed by atoms with van der Waals surface area (Å²) in [5, 5.41) is 2.66. The summed E-state index contributed by atoms with van der Waals surface area (Å²) in [6.07, 6.45) is 0. The smallest absolute Gasteiger partial charge is 0.341 e. The van der Waals surface area contributed by atoms with Crippen molar-refractivity contribution < 1.29 is 31.9 Å². The number of ether oxygens (including phenoxy) is 2. The van der Waals surface area contributed by atoms with Gasteiger partial charge in [-0.05, 0) is 31.0 Å². The molecule has 0 bridgehead atoms. The zero-order chi connectivity index (χ0) is 20.9. The number of amides is 1. The van der Waals surface area contributed by atoms with Crippen molar-refractivity contribution >= 4 is 21.9 Å². The molecule has 0 aromatic heterocycles. The van der Waals surface area contributed by atoms with E-state index in [1.54, 1.807) is 0 Å². The molecule has 1 aliphatic heterocycles. The largest absolute Gasteiger partial charge is 0.452 e. The molecule has 1 fully saturated rings. The molecular weight excluding hydrogens is 391 g/mol. The maximum atomic E-state index is 14.1. The Balaban J connectivity index is 2.10. The fraction of sp³-hybridized carbons (Fsp3) is 0.556. The average Bonchev–Trinajstić information content (AvgIpc) is 2.66. The van der Waals surface area contributed by atoms with E-state index in [-0.39, 0.29) is 43.2 Å². The molecule has 0 spiro atoms. The number of sulfonamides is 1. The van der Waals surface area contributed by atoms with Crippen LogP contribution in [0.4, 0.5) is 4.39 Å². The van der Waals surface area contributed by atoms with Crippen molar-refractivity contribution in [3.8, 4) is 0 Å². The van der Waals surface area contributed by atoms with Crippen molar-refractivity contribution in [1.29, 1.82) is 0 Å². The third kappa shape index (κ3) is 5.49. The molecule has 0 unspecified atom stereocenters. The first-order valence-corrected chi connectivity index (χ1v) is 10.4. The van der Waals surface area contributed by atoms with Gasteiger partial charge in [-0.15, -0.1) is 0 Å². The minimum Gasteiger partial charge on any atom is -0.452 e. The van der Waals surface area contributed by atoms with Gasteiger partial charge in [-0.3, -0.25) is 4.79 Å². The summed E-state index contributed by atoms with van der Waals surface area (Å²) in [6.45, 7) is 5.94. The van der Waals surface area contributed by atoms with Gasteiger partial charge in [-0.2, -0.15) is 4.31 Å². The summed E-state index contributed by atoms with van der Waals surface area (Å²) in [4.78, 5) is 23.8.